The zero-order chi connectivity index (χ0) is 14.7. The van der Waals surface area contributed by atoms with E-state index >= 15 is 0 Å². The first kappa shape index (κ1) is 18.0. The van der Waals surface area contributed by atoms with Gasteiger partial charge in [-0.3, -0.25) is 10.1 Å². The van der Waals surface area contributed by atoms with Gasteiger partial charge in [-0.05, 0) is 18.1 Å². The zero-order valence-corrected chi connectivity index (χ0v) is 14.8. The molecule has 8 heteroatoms. The van der Waals surface area contributed by atoms with E-state index in [4.69, 9.17) is 5.73 Å². The maximum absolute atomic E-state index is 11.8. The van der Waals surface area contributed by atoms with Crippen molar-refractivity contribution in [2.24, 2.45) is 11.7 Å². The van der Waals surface area contributed by atoms with Crippen molar-refractivity contribution in [2.45, 2.75) is 19.9 Å². The van der Waals surface area contributed by atoms with E-state index in [1.54, 1.807) is 0 Å². The van der Waals surface area contributed by atoms with E-state index in [0.717, 1.165) is 15.0 Å². The topological polar surface area (TPSA) is 80.9 Å². The summed E-state index contributed by atoms with van der Waals surface area (Å²) in [7, 11) is 0. The van der Waals surface area contributed by atoms with Gasteiger partial charge in [-0.15, -0.1) is 22.6 Å². The van der Waals surface area contributed by atoms with Crippen LogP contribution in [0.2, 0.25) is 0 Å². The molecule has 2 rings (SSSR count). The lowest BCUT2D eigenvalue weighted by atomic mass is 10.1. The lowest BCUT2D eigenvalue weighted by Gasteiger charge is -2.13. The maximum Gasteiger partial charge on any atom is 0.243 e. The quantitative estimate of drug-likeness (QED) is 0.838. The van der Waals surface area contributed by atoms with Crippen molar-refractivity contribution in [3.05, 3.63) is 28.7 Å². The lowest BCUT2D eigenvalue weighted by molar-refractivity contribution is -0.118. The standard InChI is InChI=1S/C13H15BrN4OS.ClH/c1-7(2)10(15)11(19)16-13-18-17-12(20-13)8-4-3-5-9(14)6-8;/h3-7,10H,15H2,1-2H3,(H,16,18,19);1H/t10-;/m0./s1. The summed E-state index contributed by atoms with van der Waals surface area (Å²) < 4.78 is 0.970. The average Bonchev–Trinajstić information content (AvgIpc) is 2.86. The molecular formula is C13H16BrClN4OS. The Hall–Kier alpha value is -1.02. The Morgan fingerprint density at radius 2 is 2.10 bits per heavy atom. The van der Waals surface area contributed by atoms with Gasteiger partial charge in [-0.25, -0.2) is 0 Å². The molecule has 1 aromatic heterocycles. The molecule has 1 heterocycles. The van der Waals surface area contributed by atoms with Crippen LogP contribution in [0.15, 0.2) is 28.7 Å². The van der Waals surface area contributed by atoms with Crippen LogP contribution < -0.4 is 11.1 Å². The smallest absolute Gasteiger partial charge is 0.243 e. The first-order chi connectivity index (χ1) is 9.47. The van der Waals surface area contributed by atoms with Crippen LogP contribution in [0.1, 0.15) is 13.8 Å². The third-order valence-electron chi connectivity index (χ3n) is 2.75. The number of amides is 1. The summed E-state index contributed by atoms with van der Waals surface area (Å²) in [6.45, 7) is 3.80. The van der Waals surface area contributed by atoms with Gasteiger partial charge in [-0.2, -0.15) is 0 Å². The molecule has 0 spiro atoms. The van der Waals surface area contributed by atoms with Crippen molar-refractivity contribution in [1.29, 1.82) is 0 Å². The molecule has 0 radical (unpaired) electrons. The molecule has 0 aliphatic heterocycles. The zero-order valence-electron chi connectivity index (χ0n) is 11.5. The number of carbonyl (C=O) groups is 1. The Labute approximate surface area is 141 Å². The fourth-order valence-corrected chi connectivity index (χ4v) is 2.65. The van der Waals surface area contributed by atoms with Crippen LogP contribution in [0.3, 0.4) is 0 Å². The fourth-order valence-electron chi connectivity index (χ4n) is 1.50. The number of benzene rings is 1. The Bertz CT molecular complexity index is 620. The molecule has 1 atom stereocenters. The normalized spacial score (nSPS) is 11.9. The SMILES string of the molecule is CC(C)[C@H](N)C(=O)Nc1nnc(-c2cccc(Br)c2)s1.Cl. The van der Waals surface area contributed by atoms with E-state index in [2.05, 4.69) is 31.4 Å². The summed E-state index contributed by atoms with van der Waals surface area (Å²) in [6.07, 6.45) is 0. The molecule has 3 N–H and O–H groups in total. The molecule has 0 unspecified atom stereocenters. The molecular weight excluding hydrogens is 376 g/mol. The highest BCUT2D eigenvalue weighted by Gasteiger charge is 2.19. The van der Waals surface area contributed by atoms with Crippen LogP contribution in [0.4, 0.5) is 5.13 Å². The Balaban J connectivity index is 0.00000220. The first-order valence-corrected chi connectivity index (χ1v) is 7.74. The van der Waals surface area contributed by atoms with E-state index in [9.17, 15) is 4.79 Å². The summed E-state index contributed by atoms with van der Waals surface area (Å²) in [5.74, 6) is -0.163. The van der Waals surface area contributed by atoms with Gasteiger partial charge in [-0.1, -0.05) is 53.2 Å². The molecule has 5 nitrogen and oxygen atoms in total. The molecule has 1 amide bonds. The molecule has 2 aromatic rings. The summed E-state index contributed by atoms with van der Waals surface area (Å²) in [5.41, 5.74) is 6.73. The van der Waals surface area contributed by atoms with Gasteiger partial charge in [0.1, 0.15) is 5.01 Å². The molecule has 0 saturated heterocycles. The van der Waals surface area contributed by atoms with E-state index in [0.29, 0.717) is 5.13 Å². The Kier molecular flexibility index (Phi) is 6.73. The Morgan fingerprint density at radius 1 is 1.38 bits per heavy atom. The van der Waals surface area contributed by atoms with Gasteiger partial charge in [0.05, 0.1) is 6.04 Å². The highest BCUT2D eigenvalue weighted by molar-refractivity contribution is 9.10. The molecule has 0 aliphatic rings. The minimum atomic E-state index is -0.548. The van der Waals surface area contributed by atoms with Crippen molar-refractivity contribution in [2.75, 3.05) is 5.32 Å². The second kappa shape index (κ2) is 7.84. The number of anilines is 1. The number of hydrogen-bond donors (Lipinski definition) is 2. The molecule has 114 valence electrons. The van der Waals surface area contributed by atoms with Crippen LogP contribution in [0.5, 0.6) is 0 Å². The molecule has 21 heavy (non-hydrogen) atoms. The van der Waals surface area contributed by atoms with Gasteiger partial charge >= 0.3 is 0 Å². The number of hydrogen-bond acceptors (Lipinski definition) is 5. The van der Waals surface area contributed by atoms with Crippen molar-refractivity contribution < 1.29 is 4.79 Å². The van der Waals surface area contributed by atoms with E-state index < -0.39 is 6.04 Å². The third kappa shape index (κ3) is 4.74. The fraction of sp³-hybridized carbons (Fsp3) is 0.308. The number of halogens is 2. The summed E-state index contributed by atoms with van der Waals surface area (Å²) >= 11 is 4.73. The molecule has 0 bridgehead atoms. The number of nitrogens with one attached hydrogen (secondary N) is 1. The van der Waals surface area contributed by atoms with Gasteiger partial charge in [0.25, 0.3) is 0 Å². The molecule has 1 aromatic carbocycles. The van der Waals surface area contributed by atoms with Crippen LogP contribution in [-0.4, -0.2) is 22.1 Å². The first-order valence-electron chi connectivity index (χ1n) is 6.13. The average molecular weight is 392 g/mol. The second-order valence-corrected chi connectivity index (χ2v) is 6.57. The predicted molar refractivity (Wildman–Crippen MR) is 91.7 cm³/mol. The number of nitrogens with two attached hydrogens (primary N) is 1. The van der Waals surface area contributed by atoms with Gasteiger partial charge in [0.2, 0.25) is 11.0 Å². The summed E-state index contributed by atoms with van der Waals surface area (Å²) in [6, 6.07) is 7.21. The minimum Gasteiger partial charge on any atom is -0.320 e. The van der Waals surface area contributed by atoms with Gasteiger partial charge in [0, 0.05) is 10.0 Å². The van der Waals surface area contributed by atoms with Crippen LogP contribution in [0.25, 0.3) is 10.6 Å². The largest absolute Gasteiger partial charge is 0.320 e. The number of rotatable bonds is 4. The van der Waals surface area contributed by atoms with Crippen LogP contribution >= 0.6 is 39.7 Å². The maximum atomic E-state index is 11.8. The second-order valence-electron chi connectivity index (χ2n) is 4.68. The van der Waals surface area contributed by atoms with Gasteiger partial charge < -0.3 is 5.73 Å². The predicted octanol–water partition coefficient (Wildman–Crippen LogP) is 3.31. The van der Waals surface area contributed by atoms with E-state index in [-0.39, 0.29) is 24.2 Å². The summed E-state index contributed by atoms with van der Waals surface area (Å²) in [5, 5.41) is 12.0. The minimum absolute atomic E-state index is 0. The molecule has 0 saturated carbocycles. The Morgan fingerprint density at radius 3 is 2.71 bits per heavy atom. The molecule has 0 aliphatic carbocycles. The van der Waals surface area contributed by atoms with E-state index in [1.807, 2.05) is 38.1 Å². The highest BCUT2D eigenvalue weighted by Crippen LogP contribution is 2.28. The number of aromatic nitrogens is 2. The monoisotopic (exact) mass is 390 g/mol. The molecule has 0 fully saturated rings. The highest BCUT2D eigenvalue weighted by atomic mass is 79.9. The van der Waals surface area contributed by atoms with Crippen molar-refractivity contribution in [3.8, 4) is 10.6 Å². The number of carbonyl (C=O) groups excluding carboxylic acids is 1. The van der Waals surface area contributed by atoms with Crippen molar-refractivity contribution >= 4 is 50.7 Å². The van der Waals surface area contributed by atoms with Gasteiger partial charge in [0.15, 0.2) is 0 Å². The number of nitrogens with zero attached hydrogens (tertiary/aromatic N) is 2. The van der Waals surface area contributed by atoms with Crippen molar-refractivity contribution in [3.63, 3.8) is 0 Å². The summed E-state index contributed by atoms with van der Waals surface area (Å²) in [4.78, 5) is 11.8. The lowest BCUT2D eigenvalue weighted by Crippen LogP contribution is -2.39. The van der Waals surface area contributed by atoms with E-state index in [1.165, 1.54) is 11.3 Å². The van der Waals surface area contributed by atoms with Crippen LogP contribution in [-0.2, 0) is 4.79 Å². The van der Waals surface area contributed by atoms with Crippen LogP contribution in [0, 0.1) is 5.92 Å². The third-order valence-corrected chi connectivity index (χ3v) is 4.13. The van der Waals surface area contributed by atoms with Crippen molar-refractivity contribution in [1.82, 2.24) is 10.2 Å².